The van der Waals surface area contributed by atoms with Crippen molar-refractivity contribution in [3.8, 4) is 11.5 Å². The van der Waals surface area contributed by atoms with Gasteiger partial charge in [0.2, 0.25) is 5.91 Å². The lowest BCUT2D eigenvalue weighted by Gasteiger charge is -2.33. The second-order valence-corrected chi connectivity index (χ2v) is 6.11. The zero-order valence-corrected chi connectivity index (χ0v) is 14.2. The van der Waals surface area contributed by atoms with Gasteiger partial charge in [0.15, 0.2) is 11.5 Å². The van der Waals surface area contributed by atoms with E-state index in [0.717, 1.165) is 12.1 Å². The van der Waals surface area contributed by atoms with E-state index in [1.165, 1.54) is 13.0 Å². The van der Waals surface area contributed by atoms with Crippen LogP contribution in [0.25, 0.3) is 0 Å². The van der Waals surface area contributed by atoms with E-state index in [1.54, 1.807) is 0 Å². The van der Waals surface area contributed by atoms with Gasteiger partial charge in [-0.2, -0.15) is 13.2 Å². The highest BCUT2D eigenvalue weighted by molar-refractivity contribution is 5.93. The summed E-state index contributed by atoms with van der Waals surface area (Å²) < 4.78 is 41.1. The number of benzene rings is 1. The van der Waals surface area contributed by atoms with E-state index in [9.17, 15) is 37.8 Å². The van der Waals surface area contributed by atoms with E-state index in [4.69, 9.17) is 11.5 Å². The molecule has 2 unspecified atom stereocenters. The van der Waals surface area contributed by atoms with Crippen molar-refractivity contribution in [3.63, 3.8) is 0 Å². The van der Waals surface area contributed by atoms with Gasteiger partial charge < -0.3 is 26.4 Å². The number of carbonyl (C=O) groups is 3. The molecule has 1 rings (SSSR count). The van der Waals surface area contributed by atoms with Gasteiger partial charge in [-0.15, -0.1) is 0 Å². The molecule has 2 atom stereocenters. The zero-order valence-electron chi connectivity index (χ0n) is 14.2. The van der Waals surface area contributed by atoms with E-state index in [-0.39, 0.29) is 18.5 Å². The van der Waals surface area contributed by atoms with E-state index >= 15 is 0 Å². The van der Waals surface area contributed by atoms with Gasteiger partial charge in [0.1, 0.15) is 0 Å². The molecule has 11 heteroatoms. The smallest absolute Gasteiger partial charge is 0.491 e. The van der Waals surface area contributed by atoms with Gasteiger partial charge in [0.25, 0.3) is 0 Å². The highest BCUT2D eigenvalue weighted by atomic mass is 19.4. The summed E-state index contributed by atoms with van der Waals surface area (Å²) >= 11 is 0. The van der Waals surface area contributed by atoms with E-state index < -0.39 is 53.3 Å². The molecular formula is C16H19F3N2O6. The molecule has 0 radical (unpaired) electrons. The molecule has 0 aromatic heterocycles. The molecule has 0 aliphatic carbocycles. The molecule has 8 nitrogen and oxygen atoms in total. The topological polar surface area (TPSA) is 153 Å². The summed E-state index contributed by atoms with van der Waals surface area (Å²) in [6, 6.07) is 3.40. The van der Waals surface area contributed by atoms with Gasteiger partial charge in [0, 0.05) is 0 Å². The summed E-state index contributed by atoms with van der Waals surface area (Å²) in [7, 11) is 0. The van der Waals surface area contributed by atoms with Crippen molar-refractivity contribution in [1.29, 1.82) is 0 Å². The molecule has 0 saturated heterocycles. The molecule has 0 fully saturated rings. The van der Waals surface area contributed by atoms with Crippen LogP contribution in [0, 0.1) is 11.3 Å². The Bertz CT molecular complexity index is 737. The lowest BCUT2D eigenvalue weighted by atomic mass is 9.71. The van der Waals surface area contributed by atoms with E-state index in [2.05, 4.69) is 4.74 Å². The summed E-state index contributed by atoms with van der Waals surface area (Å²) in [4.78, 5) is 35.2. The van der Waals surface area contributed by atoms with Gasteiger partial charge in [-0.3, -0.25) is 9.59 Å². The molecule has 150 valence electrons. The summed E-state index contributed by atoms with van der Waals surface area (Å²) in [6.07, 6.45) is -5.99. The minimum Gasteiger partial charge on any atom is -0.504 e. The first-order valence-corrected chi connectivity index (χ1v) is 7.66. The number of ether oxygens (including phenoxy) is 1. The summed E-state index contributed by atoms with van der Waals surface area (Å²) in [5, 5.41) is 18.9. The standard InChI is InChI=1S/C16H19F3N2O6/c1-15(4-5-20,13(21)25)9(12(24)27-14(26)16(17,18)19)6-8-2-3-10(22)11(23)7-8/h2-3,7,9,22-23H,4-6,20H2,1H3,(H2,21,25). The minimum absolute atomic E-state index is 0.128. The van der Waals surface area contributed by atoms with Crippen molar-refractivity contribution in [3.05, 3.63) is 23.8 Å². The number of nitrogens with two attached hydrogens (primary N) is 2. The number of hydrogen-bond donors (Lipinski definition) is 4. The third-order valence-corrected chi connectivity index (χ3v) is 4.18. The summed E-state index contributed by atoms with van der Waals surface area (Å²) in [5.41, 5.74) is 9.19. The molecule has 27 heavy (non-hydrogen) atoms. The van der Waals surface area contributed by atoms with Crippen LogP contribution in [0.4, 0.5) is 13.2 Å². The summed E-state index contributed by atoms with van der Waals surface area (Å²) in [6.45, 7) is 1.09. The number of halogens is 3. The Morgan fingerprint density at radius 3 is 2.22 bits per heavy atom. The number of phenolic OH excluding ortho intramolecular Hbond substituents is 2. The highest BCUT2D eigenvalue weighted by Gasteiger charge is 2.48. The van der Waals surface area contributed by atoms with Gasteiger partial charge in [0.05, 0.1) is 11.3 Å². The van der Waals surface area contributed by atoms with Crippen LogP contribution in [0.3, 0.4) is 0 Å². The number of primary amides is 1. The van der Waals surface area contributed by atoms with Crippen molar-refractivity contribution in [2.75, 3.05) is 6.54 Å². The Balaban J connectivity index is 3.29. The van der Waals surface area contributed by atoms with Crippen molar-refractivity contribution in [2.45, 2.75) is 25.9 Å². The van der Waals surface area contributed by atoms with Crippen molar-refractivity contribution < 1.29 is 42.5 Å². The van der Waals surface area contributed by atoms with Crippen LogP contribution in [0.1, 0.15) is 18.9 Å². The Morgan fingerprint density at radius 1 is 1.19 bits per heavy atom. The third-order valence-electron chi connectivity index (χ3n) is 4.18. The van der Waals surface area contributed by atoms with Gasteiger partial charge in [-0.25, -0.2) is 4.79 Å². The average molecular weight is 392 g/mol. The molecule has 0 bridgehead atoms. The van der Waals surface area contributed by atoms with Crippen molar-refractivity contribution in [2.24, 2.45) is 22.8 Å². The largest absolute Gasteiger partial charge is 0.504 e. The number of amides is 1. The van der Waals surface area contributed by atoms with Crippen LogP contribution in [-0.4, -0.2) is 40.8 Å². The maximum atomic E-state index is 12.4. The van der Waals surface area contributed by atoms with Gasteiger partial charge in [-0.1, -0.05) is 6.07 Å². The molecule has 0 heterocycles. The number of hydrogen-bond acceptors (Lipinski definition) is 7. The van der Waals surface area contributed by atoms with Gasteiger partial charge in [-0.05, 0) is 44.0 Å². The van der Waals surface area contributed by atoms with Crippen molar-refractivity contribution >= 4 is 17.8 Å². The Morgan fingerprint density at radius 2 is 1.78 bits per heavy atom. The fourth-order valence-corrected chi connectivity index (χ4v) is 2.49. The second kappa shape index (κ2) is 8.25. The predicted octanol–water partition coefficient (Wildman–Crippen LogP) is 0.729. The van der Waals surface area contributed by atoms with Crippen LogP contribution in [0.15, 0.2) is 18.2 Å². The fraction of sp³-hybridized carbons (Fsp3) is 0.438. The lowest BCUT2D eigenvalue weighted by molar-refractivity contribution is -0.204. The molecular weight excluding hydrogens is 373 g/mol. The second-order valence-electron chi connectivity index (χ2n) is 6.11. The first-order valence-electron chi connectivity index (χ1n) is 7.66. The van der Waals surface area contributed by atoms with Crippen LogP contribution in [0.5, 0.6) is 11.5 Å². The average Bonchev–Trinajstić information content (AvgIpc) is 2.54. The van der Waals surface area contributed by atoms with Gasteiger partial charge >= 0.3 is 18.1 Å². The van der Waals surface area contributed by atoms with Crippen molar-refractivity contribution in [1.82, 2.24) is 0 Å². The monoisotopic (exact) mass is 392 g/mol. The third kappa shape index (κ3) is 5.33. The number of alkyl halides is 3. The Kier molecular flexibility index (Phi) is 6.79. The van der Waals surface area contributed by atoms with Crippen LogP contribution < -0.4 is 11.5 Å². The molecule has 1 aromatic rings. The molecule has 0 aliphatic heterocycles. The first kappa shape index (κ1) is 22.2. The first-order chi connectivity index (χ1) is 12.3. The maximum Gasteiger partial charge on any atom is 0.491 e. The fourth-order valence-electron chi connectivity index (χ4n) is 2.49. The lowest BCUT2D eigenvalue weighted by Crippen LogP contribution is -2.48. The SMILES string of the molecule is CC(CCN)(C(N)=O)C(Cc1ccc(O)c(O)c1)C(=O)OC(=O)C(F)(F)F. The predicted molar refractivity (Wildman–Crippen MR) is 85.1 cm³/mol. The molecule has 1 amide bonds. The molecule has 0 spiro atoms. The summed E-state index contributed by atoms with van der Waals surface area (Å²) in [5.74, 6) is -7.99. The normalized spacial score (nSPS) is 14.9. The van der Waals surface area contributed by atoms with Crippen LogP contribution in [-0.2, 0) is 25.5 Å². The molecule has 0 saturated carbocycles. The molecule has 1 aromatic carbocycles. The van der Waals surface area contributed by atoms with E-state index in [1.807, 2.05) is 0 Å². The Hall–Kier alpha value is -2.82. The number of phenols is 2. The quantitative estimate of drug-likeness (QED) is 0.303. The van der Waals surface area contributed by atoms with Crippen LogP contribution in [0.2, 0.25) is 0 Å². The number of aromatic hydroxyl groups is 2. The minimum atomic E-state index is -5.41. The highest BCUT2D eigenvalue weighted by Crippen LogP contribution is 2.36. The zero-order chi connectivity index (χ0) is 21.0. The number of rotatable bonds is 7. The Labute approximate surface area is 151 Å². The molecule has 6 N–H and O–H groups in total. The number of carbonyl (C=O) groups excluding carboxylic acids is 3. The molecule has 0 aliphatic rings. The number of esters is 2. The maximum absolute atomic E-state index is 12.4. The van der Waals surface area contributed by atoms with Crippen LogP contribution >= 0.6 is 0 Å². The van der Waals surface area contributed by atoms with E-state index in [0.29, 0.717) is 0 Å².